The minimum absolute atomic E-state index is 0.128. The van der Waals surface area contributed by atoms with Gasteiger partial charge in [0.25, 0.3) is 0 Å². The third kappa shape index (κ3) is 2.69. The smallest absolute Gasteiger partial charge is 0.126 e. The van der Waals surface area contributed by atoms with E-state index in [4.69, 9.17) is 22.1 Å². The fraction of sp³-hybridized carbons (Fsp3) is 0.250. The van der Waals surface area contributed by atoms with Crippen LogP contribution in [0.4, 0.5) is 5.69 Å². The van der Waals surface area contributed by atoms with Gasteiger partial charge >= 0.3 is 0 Å². The van der Waals surface area contributed by atoms with E-state index >= 15 is 0 Å². The summed E-state index contributed by atoms with van der Waals surface area (Å²) in [7, 11) is 0.245. The zero-order chi connectivity index (χ0) is 9.84. The molecule has 1 unspecified atom stereocenters. The lowest BCUT2D eigenvalue weighted by molar-refractivity contribution is 0.254. The fourth-order valence-corrected chi connectivity index (χ4v) is 2.13. The summed E-state index contributed by atoms with van der Waals surface area (Å²) in [5, 5.41) is 0.449. The van der Waals surface area contributed by atoms with Gasteiger partial charge in [0, 0.05) is 12.8 Å². The Bertz CT molecular complexity index is 330. The van der Waals surface area contributed by atoms with E-state index in [1.807, 2.05) is 0 Å². The van der Waals surface area contributed by atoms with Crippen LogP contribution in [-0.2, 0) is 15.5 Å². The maximum atomic E-state index is 11.5. The quantitative estimate of drug-likeness (QED) is 0.787. The first-order valence-electron chi connectivity index (χ1n) is 3.57. The summed E-state index contributed by atoms with van der Waals surface area (Å²) >= 11 is 5.82. The molecule has 1 atom stereocenters. The summed E-state index contributed by atoms with van der Waals surface area (Å²) in [5.74, 6) is 0.128. The Kier molecular flexibility index (Phi) is 3.71. The Labute approximate surface area is 84.3 Å². The van der Waals surface area contributed by atoms with Crippen LogP contribution >= 0.6 is 11.6 Å². The number of hydrogen-bond acceptors (Lipinski definition) is 3. The van der Waals surface area contributed by atoms with E-state index in [1.165, 1.54) is 7.11 Å². The average Bonchev–Trinajstić information content (AvgIpc) is 2.09. The second kappa shape index (κ2) is 4.60. The molecule has 0 heterocycles. The number of nitrogen functional groups attached to an aromatic ring is 1. The molecule has 13 heavy (non-hydrogen) atoms. The van der Waals surface area contributed by atoms with Gasteiger partial charge in [0.2, 0.25) is 0 Å². The molecule has 5 heteroatoms. The predicted octanol–water partition coefficient (Wildman–Crippen LogP) is 1.63. The van der Waals surface area contributed by atoms with E-state index < -0.39 is 10.8 Å². The normalized spacial score (nSPS) is 12.8. The highest BCUT2D eigenvalue weighted by molar-refractivity contribution is 7.85. The maximum absolute atomic E-state index is 11.5. The van der Waals surface area contributed by atoms with Gasteiger partial charge in [-0.1, -0.05) is 11.6 Å². The number of methoxy groups -OCH3 is 1. The summed E-state index contributed by atoms with van der Waals surface area (Å²) in [5.41, 5.74) is 6.07. The van der Waals surface area contributed by atoms with Gasteiger partial charge in [-0.25, -0.2) is 0 Å². The van der Waals surface area contributed by atoms with E-state index in [9.17, 15) is 4.21 Å². The molecule has 1 rings (SSSR count). The summed E-state index contributed by atoms with van der Waals surface area (Å²) < 4.78 is 16.2. The first kappa shape index (κ1) is 10.5. The van der Waals surface area contributed by atoms with Crippen LogP contribution in [0.25, 0.3) is 0 Å². The lowest BCUT2D eigenvalue weighted by atomic mass is 10.3. The SMILES string of the molecule is COCS(=O)c1cc(N)ccc1Cl. The van der Waals surface area contributed by atoms with Crippen LogP contribution in [-0.4, -0.2) is 17.3 Å². The molecule has 0 saturated carbocycles. The highest BCUT2D eigenvalue weighted by atomic mass is 35.5. The zero-order valence-electron chi connectivity index (χ0n) is 7.12. The van der Waals surface area contributed by atoms with Crippen molar-refractivity contribution in [3.63, 3.8) is 0 Å². The lowest BCUT2D eigenvalue weighted by Crippen LogP contribution is -2.01. The first-order valence-corrected chi connectivity index (χ1v) is 5.27. The van der Waals surface area contributed by atoms with Gasteiger partial charge in [0.1, 0.15) is 5.94 Å². The second-order valence-corrected chi connectivity index (χ2v) is 4.22. The Morgan fingerprint density at radius 1 is 1.62 bits per heavy atom. The molecule has 0 spiro atoms. The highest BCUT2D eigenvalue weighted by Crippen LogP contribution is 2.22. The number of ether oxygens (including phenoxy) is 1. The number of hydrogen-bond donors (Lipinski definition) is 1. The Hall–Kier alpha value is -0.580. The summed E-state index contributed by atoms with van der Waals surface area (Å²) in [6.07, 6.45) is 0. The molecule has 0 aliphatic carbocycles. The van der Waals surface area contributed by atoms with Crippen LogP contribution < -0.4 is 5.73 Å². The third-order valence-electron chi connectivity index (χ3n) is 1.43. The molecule has 0 radical (unpaired) electrons. The van der Waals surface area contributed by atoms with E-state index in [-0.39, 0.29) is 5.94 Å². The van der Waals surface area contributed by atoms with Gasteiger partial charge in [0.15, 0.2) is 0 Å². The fourth-order valence-electron chi connectivity index (χ4n) is 0.865. The number of rotatable bonds is 3. The van der Waals surface area contributed by atoms with Crippen molar-refractivity contribution in [1.29, 1.82) is 0 Å². The van der Waals surface area contributed by atoms with Crippen molar-refractivity contribution in [2.45, 2.75) is 4.90 Å². The molecule has 1 aromatic carbocycles. The van der Waals surface area contributed by atoms with Gasteiger partial charge in [-0.3, -0.25) is 4.21 Å². The predicted molar refractivity (Wildman–Crippen MR) is 54.1 cm³/mol. The largest absolute Gasteiger partial charge is 0.399 e. The molecule has 0 aliphatic rings. The number of benzene rings is 1. The maximum Gasteiger partial charge on any atom is 0.126 e. The van der Waals surface area contributed by atoms with Crippen LogP contribution in [0.15, 0.2) is 23.1 Å². The molecular formula is C8H10ClNO2S. The van der Waals surface area contributed by atoms with Crippen LogP contribution in [0.5, 0.6) is 0 Å². The molecule has 0 bridgehead atoms. The third-order valence-corrected chi connectivity index (χ3v) is 3.15. The molecule has 2 N–H and O–H groups in total. The molecule has 0 amide bonds. The van der Waals surface area contributed by atoms with Gasteiger partial charge < -0.3 is 10.5 Å². The summed E-state index contributed by atoms with van der Waals surface area (Å²) in [4.78, 5) is 0.517. The summed E-state index contributed by atoms with van der Waals surface area (Å²) in [6.45, 7) is 0. The topological polar surface area (TPSA) is 52.3 Å². The van der Waals surface area contributed by atoms with Crippen molar-refractivity contribution in [3.05, 3.63) is 23.2 Å². The van der Waals surface area contributed by atoms with E-state index in [0.29, 0.717) is 15.6 Å². The first-order chi connectivity index (χ1) is 6.15. The van der Waals surface area contributed by atoms with Crippen LogP contribution in [0.1, 0.15) is 0 Å². The Morgan fingerprint density at radius 3 is 2.92 bits per heavy atom. The zero-order valence-corrected chi connectivity index (χ0v) is 8.69. The van der Waals surface area contributed by atoms with Crippen molar-refractivity contribution in [1.82, 2.24) is 0 Å². The number of anilines is 1. The van der Waals surface area contributed by atoms with Gasteiger partial charge in [-0.2, -0.15) is 0 Å². The number of nitrogens with two attached hydrogens (primary N) is 1. The highest BCUT2D eigenvalue weighted by Gasteiger charge is 2.08. The molecular weight excluding hydrogens is 210 g/mol. The monoisotopic (exact) mass is 219 g/mol. The second-order valence-electron chi connectivity index (χ2n) is 2.44. The average molecular weight is 220 g/mol. The lowest BCUT2D eigenvalue weighted by Gasteiger charge is -2.04. The van der Waals surface area contributed by atoms with E-state index in [0.717, 1.165) is 0 Å². The van der Waals surface area contributed by atoms with Crippen LogP contribution in [0.3, 0.4) is 0 Å². The minimum atomic E-state index is -1.24. The standard InChI is InChI=1S/C8H10ClNO2S/c1-12-5-13(11)8-4-6(10)2-3-7(8)9/h2-4H,5,10H2,1H3. The van der Waals surface area contributed by atoms with E-state index in [1.54, 1.807) is 18.2 Å². The molecule has 3 nitrogen and oxygen atoms in total. The van der Waals surface area contributed by atoms with Crippen molar-refractivity contribution < 1.29 is 8.95 Å². The van der Waals surface area contributed by atoms with E-state index in [2.05, 4.69) is 0 Å². The summed E-state index contributed by atoms with van der Waals surface area (Å²) in [6, 6.07) is 4.88. The van der Waals surface area contributed by atoms with Crippen LogP contribution in [0, 0.1) is 0 Å². The van der Waals surface area contributed by atoms with Gasteiger partial charge in [-0.15, -0.1) is 0 Å². The molecule has 72 valence electrons. The van der Waals surface area contributed by atoms with Crippen molar-refractivity contribution in [2.75, 3.05) is 18.8 Å². The van der Waals surface area contributed by atoms with Crippen molar-refractivity contribution in [3.8, 4) is 0 Å². The van der Waals surface area contributed by atoms with Gasteiger partial charge in [0.05, 0.1) is 20.7 Å². The Morgan fingerprint density at radius 2 is 2.31 bits per heavy atom. The van der Waals surface area contributed by atoms with Gasteiger partial charge in [-0.05, 0) is 18.2 Å². The molecule has 0 fully saturated rings. The number of halogens is 1. The Balaban J connectivity index is 2.99. The van der Waals surface area contributed by atoms with Crippen molar-refractivity contribution >= 4 is 28.1 Å². The molecule has 0 aliphatic heterocycles. The van der Waals surface area contributed by atoms with Crippen molar-refractivity contribution in [2.24, 2.45) is 0 Å². The minimum Gasteiger partial charge on any atom is -0.399 e. The van der Waals surface area contributed by atoms with Crippen LogP contribution in [0.2, 0.25) is 5.02 Å². The molecule has 0 saturated heterocycles. The molecule has 0 aromatic heterocycles. The molecule has 1 aromatic rings.